The van der Waals surface area contributed by atoms with Gasteiger partial charge in [-0.05, 0) is 18.1 Å². The summed E-state index contributed by atoms with van der Waals surface area (Å²) in [4.78, 5) is 2.11. The molecule has 21 heavy (non-hydrogen) atoms. The SMILES string of the molecule is COCCNCc1ccccc1N(C)C1CCS(=O)(=O)C1. The minimum atomic E-state index is -2.86. The zero-order valence-electron chi connectivity index (χ0n) is 12.7. The number of anilines is 1. The van der Waals surface area contributed by atoms with Crippen molar-refractivity contribution in [3.05, 3.63) is 29.8 Å². The smallest absolute Gasteiger partial charge is 0.152 e. The standard InChI is InChI=1S/C15H24N2O3S/c1-17(14-7-10-21(18,19)12-14)15-6-4-3-5-13(15)11-16-8-9-20-2/h3-6,14,16H,7-12H2,1-2H3. The molecule has 118 valence electrons. The fraction of sp³-hybridized carbons (Fsp3) is 0.600. The van der Waals surface area contributed by atoms with Gasteiger partial charge in [0.05, 0.1) is 18.1 Å². The first-order chi connectivity index (χ1) is 10.0. The lowest BCUT2D eigenvalue weighted by atomic mass is 10.1. The van der Waals surface area contributed by atoms with E-state index in [4.69, 9.17) is 4.74 Å². The van der Waals surface area contributed by atoms with Crippen LogP contribution < -0.4 is 10.2 Å². The third-order valence-corrected chi connectivity index (χ3v) is 5.68. The number of methoxy groups -OCH3 is 1. The molecule has 6 heteroatoms. The van der Waals surface area contributed by atoms with Gasteiger partial charge in [-0.3, -0.25) is 0 Å². The number of hydrogen-bond donors (Lipinski definition) is 1. The highest BCUT2D eigenvalue weighted by atomic mass is 32.2. The van der Waals surface area contributed by atoms with Crippen LogP contribution in [0.25, 0.3) is 0 Å². The minimum absolute atomic E-state index is 0.0788. The van der Waals surface area contributed by atoms with E-state index in [9.17, 15) is 8.42 Å². The summed E-state index contributed by atoms with van der Waals surface area (Å²) in [6.45, 7) is 2.23. The first kappa shape index (κ1) is 16.3. The molecule has 0 saturated carbocycles. The number of nitrogens with zero attached hydrogens (tertiary/aromatic N) is 1. The largest absolute Gasteiger partial charge is 0.383 e. The summed E-state index contributed by atoms with van der Waals surface area (Å²) in [6, 6.07) is 8.22. The van der Waals surface area contributed by atoms with Gasteiger partial charge in [-0.25, -0.2) is 8.42 Å². The van der Waals surface area contributed by atoms with Crippen LogP contribution in [-0.4, -0.2) is 53.3 Å². The topological polar surface area (TPSA) is 58.6 Å². The lowest BCUT2D eigenvalue weighted by molar-refractivity contribution is 0.199. The van der Waals surface area contributed by atoms with Crippen molar-refractivity contribution in [2.45, 2.75) is 19.0 Å². The molecule has 1 N–H and O–H groups in total. The first-order valence-corrected chi connectivity index (χ1v) is 9.06. The van der Waals surface area contributed by atoms with E-state index in [0.29, 0.717) is 18.8 Å². The highest BCUT2D eigenvalue weighted by Gasteiger charge is 2.31. The summed E-state index contributed by atoms with van der Waals surface area (Å²) in [5.41, 5.74) is 2.28. The molecule has 1 atom stereocenters. The molecule has 0 amide bonds. The van der Waals surface area contributed by atoms with Crippen molar-refractivity contribution in [2.24, 2.45) is 0 Å². The molecule has 1 heterocycles. The lowest BCUT2D eigenvalue weighted by Crippen LogP contribution is -2.33. The van der Waals surface area contributed by atoms with E-state index < -0.39 is 9.84 Å². The molecule has 0 radical (unpaired) electrons. The number of ether oxygens (including phenoxy) is 1. The second-order valence-electron chi connectivity index (χ2n) is 5.47. The van der Waals surface area contributed by atoms with E-state index in [1.165, 1.54) is 5.56 Å². The van der Waals surface area contributed by atoms with Crippen LogP contribution in [0.5, 0.6) is 0 Å². The summed E-state index contributed by atoms with van der Waals surface area (Å²) < 4.78 is 28.3. The second kappa shape index (κ2) is 7.24. The molecule has 1 aromatic carbocycles. The molecule has 0 spiro atoms. The highest BCUT2D eigenvalue weighted by molar-refractivity contribution is 7.91. The molecule has 1 unspecified atom stereocenters. The normalized spacial score (nSPS) is 20.6. The van der Waals surface area contributed by atoms with Crippen molar-refractivity contribution in [3.8, 4) is 0 Å². The average molecular weight is 312 g/mol. The molecule has 0 bridgehead atoms. The van der Waals surface area contributed by atoms with Crippen molar-refractivity contribution >= 4 is 15.5 Å². The molecule has 1 aliphatic rings. The van der Waals surface area contributed by atoms with Gasteiger partial charge >= 0.3 is 0 Å². The second-order valence-corrected chi connectivity index (χ2v) is 7.69. The summed E-state index contributed by atoms with van der Waals surface area (Å²) in [5.74, 6) is 0.561. The maximum atomic E-state index is 11.7. The van der Waals surface area contributed by atoms with Gasteiger partial charge in [-0.15, -0.1) is 0 Å². The number of benzene rings is 1. The highest BCUT2D eigenvalue weighted by Crippen LogP contribution is 2.26. The van der Waals surface area contributed by atoms with Gasteiger partial charge in [-0.1, -0.05) is 18.2 Å². The maximum absolute atomic E-state index is 11.7. The third-order valence-electron chi connectivity index (χ3n) is 3.93. The van der Waals surface area contributed by atoms with Crippen LogP contribution in [0.1, 0.15) is 12.0 Å². The van der Waals surface area contributed by atoms with E-state index in [1.807, 2.05) is 19.2 Å². The number of sulfone groups is 1. The lowest BCUT2D eigenvalue weighted by Gasteiger charge is -2.28. The molecule has 0 aliphatic carbocycles. The van der Waals surface area contributed by atoms with Crippen LogP contribution in [0.4, 0.5) is 5.69 Å². The van der Waals surface area contributed by atoms with E-state index in [-0.39, 0.29) is 11.8 Å². The summed E-state index contributed by atoms with van der Waals surface area (Å²) in [6.07, 6.45) is 0.713. The fourth-order valence-corrected chi connectivity index (χ4v) is 4.45. The summed E-state index contributed by atoms with van der Waals surface area (Å²) in [5, 5.41) is 3.33. The number of nitrogens with one attached hydrogen (secondary N) is 1. The van der Waals surface area contributed by atoms with Crippen LogP contribution in [0.2, 0.25) is 0 Å². The van der Waals surface area contributed by atoms with Crippen molar-refractivity contribution < 1.29 is 13.2 Å². The van der Waals surface area contributed by atoms with Crippen molar-refractivity contribution in [3.63, 3.8) is 0 Å². The Kier molecular flexibility index (Phi) is 5.61. The van der Waals surface area contributed by atoms with Gasteiger partial charge in [0.25, 0.3) is 0 Å². The molecule has 1 fully saturated rings. The van der Waals surface area contributed by atoms with E-state index in [0.717, 1.165) is 18.8 Å². The van der Waals surface area contributed by atoms with Gasteiger partial charge in [0.1, 0.15) is 0 Å². The predicted molar refractivity (Wildman–Crippen MR) is 85.5 cm³/mol. The van der Waals surface area contributed by atoms with Crippen LogP contribution in [0.3, 0.4) is 0 Å². The Balaban J connectivity index is 2.05. The molecule has 1 saturated heterocycles. The molecule has 0 aromatic heterocycles. The maximum Gasteiger partial charge on any atom is 0.152 e. The van der Waals surface area contributed by atoms with Gasteiger partial charge in [0.15, 0.2) is 9.84 Å². The molecular formula is C15H24N2O3S. The molecule has 1 aromatic rings. The van der Waals surface area contributed by atoms with Crippen LogP contribution in [0.15, 0.2) is 24.3 Å². The Morgan fingerprint density at radius 1 is 1.38 bits per heavy atom. The Hall–Kier alpha value is -1.11. The zero-order chi connectivity index (χ0) is 15.3. The van der Waals surface area contributed by atoms with Gasteiger partial charge in [-0.2, -0.15) is 0 Å². The van der Waals surface area contributed by atoms with Crippen LogP contribution in [0, 0.1) is 0 Å². The van der Waals surface area contributed by atoms with Gasteiger partial charge in [0.2, 0.25) is 0 Å². The van der Waals surface area contributed by atoms with Crippen molar-refractivity contribution in [2.75, 3.05) is 43.7 Å². The molecule has 5 nitrogen and oxygen atoms in total. The monoisotopic (exact) mass is 312 g/mol. The van der Waals surface area contributed by atoms with E-state index in [1.54, 1.807) is 7.11 Å². The summed E-state index contributed by atoms with van der Waals surface area (Å²) in [7, 11) is 0.811. The Morgan fingerprint density at radius 3 is 2.81 bits per heavy atom. The first-order valence-electron chi connectivity index (χ1n) is 7.24. The quantitative estimate of drug-likeness (QED) is 0.763. The Morgan fingerprint density at radius 2 is 2.14 bits per heavy atom. The Labute approximate surface area is 127 Å². The van der Waals surface area contributed by atoms with Crippen molar-refractivity contribution in [1.82, 2.24) is 5.32 Å². The number of hydrogen-bond acceptors (Lipinski definition) is 5. The van der Waals surface area contributed by atoms with Gasteiger partial charge < -0.3 is 15.0 Å². The number of rotatable bonds is 7. The molecular weight excluding hydrogens is 288 g/mol. The minimum Gasteiger partial charge on any atom is -0.383 e. The zero-order valence-corrected chi connectivity index (χ0v) is 13.5. The molecule has 1 aliphatic heterocycles. The van der Waals surface area contributed by atoms with Crippen LogP contribution in [-0.2, 0) is 21.1 Å². The predicted octanol–water partition coefficient (Wildman–Crippen LogP) is 1.05. The van der Waals surface area contributed by atoms with E-state index >= 15 is 0 Å². The van der Waals surface area contributed by atoms with Crippen molar-refractivity contribution in [1.29, 1.82) is 0 Å². The Bertz CT molecular complexity index is 560. The summed E-state index contributed by atoms with van der Waals surface area (Å²) >= 11 is 0. The third kappa shape index (κ3) is 4.43. The van der Waals surface area contributed by atoms with Crippen LogP contribution >= 0.6 is 0 Å². The molecule has 2 rings (SSSR count). The average Bonchev–Trinajstić information content (AvgIpc) is 2.83. The fourth-order valence-electron chi connectivity index (χ4n) is 2.68. The number of para-hydroxylation sites is 1. The van der Waals surface area contributed by atoms with E-state index in [2.05, 4.69) is 22.3 Å². The van der Waals surface area contributed by atoms with Gasteiger partial charge in [0, 0.05) is 39.0 Å².